The van der Waals surface area contributed by atoms with E-state index in [2.05, 4.69) is 167 Å². The minimum atomic E-state index is -4.94. The molecular weight excluding hydrogens is 1340 g/mol. The molecule has 0 saturated heterocycles. The fourth-order valence-corrected chi connectivity index (χ4v) is 12.1. The Morgan fingerprint density at radius 1 is 0.282 bits per heavy atom. The summed E-state index contributed by atoms with van der Waals surface area (Å²) in [6.07, 6.45) is 94.6. The van der Waals surface area contributed by atoms with Crippen molar-refractivity contribution >= 4 is 33.6 Å². The van der Waals surface area contributed by atoms with E-state index in [0.717, 1.165) is 173 Å². The van der Waals surface area contributed by atoms with Gasteiger partial charge in [0, 0.05) is 19.3 Å². The molecule has 0 aromatic heterocycles. The number of aliphatic hydroxyl groups is 2. The molecule has 18 heteroatoms. The molecule has 590 valence electrons. The van der Waals surface area contributed by atoms with Gasteiger partial charge in [0.1, 0.15) is 25.4 Å². The van der Waals surface area contributed by atoms with Gasteiger partial charge in [0.2, 0.25) is 0 Å². The van der Waals surface area contributed by atoms with E-state index < -0.39 is 91.5 Å². The van der Waals surface area contributed by atoms with Crippen molar-refractivity contribution in [2.45, 2.75) is 334 Å². The molecule has 0 amide bonds. The highest BCUT2D eigenvalue weighted by Gasteiger charge is 2.29. The Labute approximate surface area is 626 Å². The summed E-state index contributed by atoms with van der Waals surface area (Å²) in [6, 6.07) is 0. The average Bonchev–Trinajstić information content (AvgIpc) is 0.924. The van der Waals surface area contributed by atoms with Gasteiger partial charge in [-0.1, -0.05) is 301 Å². The third-order valence-electron chi connectivity index (χ3n) is 16.5. The van der Waals surface area contributed by atoms with Gasteiger partial charge in [-0.2, -0.15) is 0 Å². The second-order valence-corrected chi connectivity index (χ2v) is 29.4. The van der Waals surface area contributed by atoms with Crippen LogP contribution in [0.3, 0.4) is 0 Å². The van der Waals surface area contributed by atoms with Gasteiger partial charge in [0.05, 0.1) is 26.4 Å². The number of carbonyl (C=O) groups excluding carboxylic acids is 3. The number of phosphoric ester groups is 2. The minimum absolute atomic E-state index is 0.0915. The molecule has 0 radical (unpaired) electrons. The maximum absolute atomic E-state index is 13.0. The smallest absolute Gasteiger partial charge is 0.463 e. The highest BCUT2D eigenvalue weighted by atomic mass is 31.2. The van der Waals surface area contributed by atoms with Crippen LogP contribution in [-0.4, -0.2) is 95.9 Å². The second kappa shape index (κ2) is 77.1. The first-order valence-electron chi connectivity index (χ1n) is 40.1. The van der Waals surface area contributed by atoms with Gasteiger partial charge in [-0.05, 0) is 141 Å². The molecular formula is C85H144O16P2. The van der Waals surface area contributed by atoms with Crippen molar-refractivity contribution in [1.82, 2.24) is 0 Å². The average molecular weight is 1480 g/mol. The Morgan fingerprint density at radius 3 is 0.825 bits per heavy atom. The predicted octanol–water partition coefficient (Wildman–Crippen LogP) is 23.7. The second-order valence-electron chi connectivity index (χ2n) is 26.5. The van der Waals surface area contributed by atoms with Crippen molar-refractivity contribution in [1.29, 1.82) is 0 Å². The lowest BCUT2D eigenvalue weighted by atomic mass is 10.0. The number of aliphatic hydroxyl groups excluding tert-OH is 2. The summed E-state index contributed by atoms with van der Waals surface area (Å²) < 4.78 is 61.1. The van der Waals surface area contributed by atoms with Gasteiger partial charge in [0.25, 0.3) is 0 Å². The predicted molar refractivity (Wildman–Crippen MR) is 426 cm³/mol. The summed E-state index contributed by atoms with van der Waals surface area (Å²) in [5.41, 5.74) is 0. The number of ether oxygens (including phenoxy) is 3. The fraction of sp³-hybridized carbons (Fsp3) is 0.682. The highest BCUT2D eigenvalue weighted by Crippen LogP contribution is 2.45. The van der Waals surface area contributed by atoms with Crippen LogP contribution in [-0.2, 0) is 55.8 Å². The lowest BCUT2D eigenvalue weighted by molar-refractivity contribution is -0.161. The van der Waals surface area contributed by atoms with Crippen molar-refractivity contribution in [3.8, 4) is 0 Å². The zero-order chi connectivity index (χ0) is 75.2. The van der Waals surface area contributed by atoms with E-state index in [-0.39, 0.29) is 19.3 Å². The number of phosphoric acid groups is 2. The van der Waals surface area contributed by atoms with E-state index in [0.29, 0.717) is 19.3 Å². The number of esters is 3. The summed E-state index contributed by atoms with van der Waals surface area (Å²) in [5.74, 6) is -1.59. The summed E-state index contributed by atoms with van der Waals surface area (Å²) in [5, 5.41) is 20.6. The molecule has 0 rings (SSSR count). The van der Waals surface area contributed by atoms with E-state index in [1.807, 2.05) is 0 Å². The van der Waals surface area contributed by atoms with Crippen LogP contribution >= 0.6 is 15.6 Å². The number of hydrogen-bond donors (Lipinski definition) is 4. The molecule has 5 unspecified atom stereocenters. The quantitative estimate of drug-likeness (QED) is 0.0146. The van der Waals surface area contributed by atoms with Crippen LogP contribution in [0.25, 0.3) is 0 Å². The first-order valence-corrected chi connectivity index (χ1v) is 43.1. The van der Waals surface area contributed by atoms with Crippen LogP contribution in [0.1, 0.15) is 316 Å². The zero-order valence-corrected chi connectivity index (χ0v) is 66.2. The molecule has 0 aliphatic heterocycles. The maximum Gasteiger partial charge on any atom is 0.472 e. The van der Waals surface area contributed by atoms with Crippen LogP contribution in [0.5, 0.6) is 0 Å². The third kappa shape index (κ3) is 78.3. The largest absolute Gasteiger partial charge is 0.472 e. The van der Waals surface area contributed by atoms with E-state index in [4.69, 9.17) is 32.3 Å². The fourth-order valence-electron chi connectivity index (χ4n) is 10.5. The van der Waals surface area contributed by atoms with Gasteiger partial charge in [0.15, 0.2) is 6.10 Å². The third-order valence-corrected chi connectivity index (χ3v) is 18.4. The minimum Gasteiger partial charge on any atom is -0.463 e. The Hall–Kier alpha value is -4.57. The Kier molecular flexibility index (Phi) is 73.6. The topological polar surface area (TPSA) is 231 Å². The summed E-state index contributed by atoms with van der Waals surface area (Å²) in [7, 11) is -9.80. The maximum atomic E-state index is 13.0. The van der Waals surface area contributed by atoms with E-state index >= 15 is 0 Å². The molecule has 5 atom stereocenters. The Morgan fingerprint density at radius 2 is 0.515 bits per heavy atom. The van der Waals surface area contributed by atoms with Crippen molar-refractivity contribution in [2.75, 3.05) is 39.6 Å². The monoisotopic (exact) mass is 1480 g/mol. The molecule has 0 aromatic carbocycles. The van der Waals surface area contributed by atoms with E-state index in [1.54, 1.807) is 0 Å². The van der Waals surface area contributed by atoms with Crippen molar-refractivity contribution in [3.63, 3.8) is 0 Å². The molecule has 0 fully saturated rings. The Bertz CT molecular complexity index is 2450. The van der Waals surface area contributed by atoms with Gasteiger partial charge in [-0.15, -0.1) is 0 Å². The van der Waals surface area contributed by atoms with Crippen molar-refractivity contribution < 1.29 is 75.8 Å². The van der Waals surface area contributed by atoms with Crippen LogP contribution in [0.4, 0.5) is 0 Å². The van der Waals surface area contributed by atoms with E-state index in [1.165, 1.54) is 83.5 Å². The normalized spacial score (nSPS) is 14.7. The van der Waals surface area contributed by atoms with Crippen LogP contribution in [0, 0.1) is 0 Å². The molecule has 0 spiro atoms. The SMILES string of the molecule is CC/C=C\C/C=C\C/C=C\C/C=C\C/C=C\C/C=C\CCCCCCCCCCC(=O)OCC(O)COP(=O)(O)OCC(O)COP(=O)(O)OCC(COC(=O)CCCCCCCCCCCCC/C=C\C/C=C\C/C=C\C/C=C\C/C=C\CC)OC(=O)CCCCCCC/C=C\CCCCCC. The van der Waals surface area contributed by atoms with Gasteiger partial charge >= 0.3 is 33.6 Å². The molecule has 0 aliphatic rings. The van der Waals surface area contributed by atoms with Crippen molar-refractivity contribution in [2.24, 2.45) is 0 Å². The number of unbranched alkanes of at least 4 members (excludes halogenated alkanes) is 28. The number of hydrogen-bond acceptors (Lipinski definition) is 14. The van der Waals surface area contributed by atoms with Crippen LogP contribution in [0.2, 0.25) is 0 Å². The summed E-state index contributed by atoms with van der Waals surface area (Å²) >= 11 is 0. The van der Waals surface area contributed by atoms with Gasteiger partial charge in [-0.3, -0.25) is 32.5 Å². The molecule has 0 saturated carbocycles. The standard InChI is InChI=1S/C85H144O16P2/c1-4-7-10-13-16-19-22-25-27-29-31-33-35-37-39-41-43-45-47-49-51-54-56-59-62-65-68-71-83(88)95-74-80(86)75-97-102(91,92)98-76-81(87)77-99-103(93,94)100-79-82(101-85(90)73-70-67-64-61-58-53-24-21-18-15-12-9-6-3)78-96-84(89)72-69-66-63-60-57-55-52-50-48-46-44-42-40-38-36-34-32-30-28-26-23-20-17-14-11-8-5-2/h7-8,10-11,16-17,19-21,24-28,31-34,37-40,43,45,80-82,86-87H,4-6,9,12-15,18,22-23,29-30,35-36,41-42,44,46-79H2,1-3H3,(H,91,92)(H,93,94)/b10-7-,11-8-,19-16-,20-17-,24-21-,27-25-,28-26-,33-31-,34-32-,39-37-,40-38-,45-43-. The molecule has 0 bridgehead atoms. The lowest BCUT2D eigenvalue weighted by Gasteiger charge is -2.21. The molecule has 0 aliphatic carbocycles. The number of carbonyl (C=O) groups is 3. The Balaban J connectivity index is 4.54. The number of rotatable bonds is 75. The summed E-state index contributed by atoms with van der Waals surface area (Å²) in [6.45, 7) is 2.42. The molecule has 0 aromatic rings. The number of allylic oxidation sites excluding steroid dienone is 24. The first kappa shape index (κ1) is 98.4. The van der Waals surface area contributed by atoms with Gasteiger partial charge < -0.3 is 34.2 Å². The molecule has 0 heterocycles. The summed E-state index contributed by atoms with van der Waals surface area (Å²) in [4.78, 5) is 58.7. The zero-order valence-electron chi connectivity index (χ0n) is 64.4. The van der Waals surface area contributed by atoms with Crippen LogP contribution in [0.15, 0.2) is 146 Å². The molecule has 4 N–H and O–H groups in total. The van der Waals surface area contributed by atoms with E-state index in [9.17, 15) is 43.5 Å². The molecule has 103 heavy (non-hydrogen) atoms. The first-order chi connectivity index (χ1) is 50.2. The molecule has 16 nitrogen and oxygen atoms in total. The van der Waals surface area contributed by atoms with Crippen LogP contribution < -0.4 is 0 Å². The van der Waals surface area contributed by atoms with Crippen molar-refractivity contribution in [3.05, 3.63) is 146 Å². The lowest BCUT2D eigenvalue weighted by Crippen LogP contribution is -2.30. The van der Waals surface area contributed by atoms with Gasteiger partial charge in [-0.25, -0.2) is 9.13 Å². The highest BCUT2D eigenvalue weighted by molar-refractivity contribution is 7.47.